The minimum atomic E-state index is -1.93. The first kappa shape index (κ1) is 34.4. The number of primary amides is 2. The highest BCUT2D eigenvalue weighted by molar-refractivity contribution is 5.80. The second kappa shape index (κ2) is 15.4. The quantitative estimate of drug-likeness (QED) is 0.0999. The van der Waals surface area contributed by atoms with Crippen LogP contribution >= 0.6 is 0 Å². The summed E-state index contributed by atoms with van der Waals surface area (Å²) in [6.07, 6.45) is -14.7. The molecule has 0 spiro atoms. The molecule has 0 radical (unpaired) electrons. The van der Waals surface area contributed by atoms with Crippen molar-refractivity contribution in [3.63, 3.8) is 0 Å². The van der Waals surface area contributed by atoms with Crippen molar-refractivity contribution in [2.75, 3.05) is 13.2 Å². The first-order valence-corrected chi connectivity index (χ1v) is 12.5. The fourth-order valence-corrected chi connectivity index (χ4v) is 4.33. The van der Waals surface area contributed by atoms with Crippen LogP contribution in [0.2, 0.25) is 0 Å². The average Bonchev–Trinajstić information content (AvgIpc) is 2.86. The van der Waals surface area contributed by atoms with Gasteiger partial charge in [0, 0.05) is 27.7 Å². The molecule has 236 valence electrons. The van der Waals surface area contributed by atoms with Gasteiger partial charge < -0.3 is 59.8 Å². The molecule has 0 unspecified atom stereocenters. The molecule has 0 saturated carbocycles. The van der Waals surface area contributed by atoms with Crippen molar-refractivity contribution in [3.8, 4) is 0 Å². The molecule has 10 atom stereocenters. The number of amides is 3. The molecular formula is C24H35N3O15. The molecule has 0 aromatic heterocycles. The largest absolute Gasteiger partial charge is 0.463 e. The number of nitrogens with two attached hydrogens (primary N) is 2. The maximum atomic E-state index is 12.2. The number of aliphatic hydroxyl groups excluding tert-OH is 1. The van der Waals surface area contributed by atoms with E-state index in [2.05, 4.69) is 11.9 Å². The van der Waals surface area contributed by atoms with Gasteiger partial charge in [-0.3, -0.25) is 24.0 Å². The van der Waals surface area contributed by atoms with E-state index in [9.17, 15) is 33.9 Å². The van der Waals surface area contributed by atoms with Gasteiger partial charge in [0.05, 0.1) is 6.61 Å². The predicted octanol–water partition coefficient (Wildman–Crippen LogP) is -2.73. The van der Waals surface area contributed by atoms with Crippen LogP contribution < -0.4 is 16.8 Å². The van der Waals surface area contributed by atoms with E-state index in [0.717, 1.165) is 27.7 Å². The normalized spacial score (nSPS) is 32.5. The molecule has 2 saturated heterocycles. The minimum absolute atomic E-state index is 0.199. The van der Waals surface area contributed by atoms with Gasteiger partial charge in [-0.15, -0.1) is 6.58 Å². The van der Waals surface area contributed by atoms with E-state index in [0.29, 0.717) is 0 Å². The lowest BCUT2D eigenvalue weighted by atomic mass is 9.94. The van der Waals surface area contributed by atoms with Crippen LogP contribution in [0.5, 0.6) is 0 Å². The van der Waals surface area contributed by atoms with E-state index in [1.165, 1.54) is 6.08 Å². The Hall–Kier alpha value is -3.84. The van der Waals surface area contributed by atoms with Crippen molar-refractivity contribution in [1.82, 2.24) is 5.32 Å². The van der Waals surface area contributed by atoms with Crippen LogP contribution in [-0.2, 0) is 61.9 Å². The van der Waals surface area contributed by atoms with Crippen LogP contribution in [0, 0.1) is 0 Å². The molecule has 2 fully saturated rings. The number of aliphatic hydroxyl groups is 1. The topological polar surface area (TPSA) is 261 Å². The van der Waals surface area contributed by atoms with E-state index >= 15 is 0 Å². The van der Waals surface area contributed by atoms with Crippen molar-refractivity contribution in [3.05, 3.63) is 12.7 Å². The Balaban J connectivity index is 2.62. The maximum Gasteiger partial charge on any atom is 0.404 e. The monoisotopic (exact) mass is 605 g/mol. The van der Waals surface area contributed by atoms with Gasteiger partial charge in [0.1, 0.15) is 24.9 Å². The van der Waals surface area contributed by atoms with E-state index in [-0.39, 0.29) is 6.61 Å². The van der Waals surface area contributed by atoms with Gasteiger partial charge >= 0.3 is 24.0 Å². The maximum absolute atomic E-state index is 12.2. The number of rotatable bonds is 12. The average molecular weight is 606 g/mol. The molecule has 2 aliphatic rings. The Morgan fingerprint density at radius 1 is 0.857 bits per heavy atom. The van der Waals surface area contributed by atoms with E-state index in [4.69, 9.17) is 49.4 Å². The zero-order valence-electron chi connectivity index (χ0n) is 23.3. The molecule has 2 aliphatic heterocycles. The molecular weight excluding hydrogens is 570 g/mol. The van der Waals surface area contributed by atoms with E-state index < -0.39 is 104 Å². The lowest BCUT2D eigenvalue weighted by molar-refractivity contribution is -0.348. The van der Waals surface area contributed by atoms with Crippen LogP contribution in [0.3, 0.4) is 0 Å². The lowest BCUT2D eigenvalue weighted by Gasteiger charge is -2.48. The molecule has 18 nitrogen and oxygen atoms in total. The van der Waals surface area contributed by atoms with Crippen molar-refractivity contribution in [1.29, 1.82) is 0 Å². The summed E-state index contributed by atoms with van der Waals surface area (Å²) in [4.78, 5) is 71.6. The SMILES string of the molecule is C=CCO[C@H]1O[C@H](C(N)=O)[C@H](O)[C@H](OC(N)=O)[C@H]1O[C@@H]1O[C@H](COC(C)=O)[C@@H](OC(C)=O)[C@H](OC(C)=O)[C@H]1NC(C)=O. The van der Waals surface area contributed by atoms with Crippen LogP contribution in [0.15, 0.2) is 12.7 Å². The Morgan fingerprint density at radius 3 is 1.98 bits per heavy atom. The highest BCUT2D eigenvalue weighted by Crippen LogP contribution is 2.33. The van der Waals surface area contributed by atoms with E-state index in [1.807, 2.05) is 0 Å². The molecule has 3 amide bonds. The van der Waals surface area contributed by atoms with Crippen LogP contribution in [0.25, 0.3) is 0 Å². The number of carbonyl (C=O) groups excluding carboxylic acids is 6. The third-order valence-electron chi connectivity index (χ3n) is 5.79. The van der Waals surface area contributed by atoms with Gasteiger partial charge in [-0.1, -0.05) is 6.08 Å². The van der Waals surface area contributed by atoms with Crippen molar-refractivity contribution >= 4 is 35.8 Å². The zero-order valence-corrected chi connectivity index (χ0v) is 23.3. The van der Waals surface area contributed by atoms with Gasteiger partial charge in [0.15, 0.2) is 43.1 Å². The Bertz CT molecular complexity index is 1040. The summed E-state index contributed by atoms with van der Waals surface area (Å²) in [7, 11) is 0. The van der Waals surface area contributed by atoms with Crippen molar-refractivity contribution in [2.24, 2.45) is 11.5 Å². The summed E-state index contributed by atoms with van der Waals surface area (Å²) in [6, 6.07) is -1.44. The Morgan fingerprint density at radius 2 is 1.48 bits per heavy atom. The van der Waals surface area contributed by atoms with Gasteiger partial charge in [0.2, 0.25) is 11.8 Å². The second-order valence-electron chi connectivity index (χ2n) is 9.16. The van der Waals surface area contributed by atoms with Crippen molar-refractivity contribution in [2.45, 2.75) is 89.0 Å². The zero-order chi connectivity index (χ0) is 31.7. The fraction of sp³-hybridized carbons (Fsp3) is 0.667. The Kier molecular flexibility index (Phi) is 12.6. The van der Waals surface area contributed by atoms with Crippen LogP contribution in [0.1, 0.15) is 27.7 Å². The van der Waals surface area contributed by atoms with Gasteiger partial charge in [-0.2, -0.15) is 0 Å². The number of ether oxygens (including phenoxy) is 8. The number of hydrogen-bond donors (Lipinski definition) is 4. The number of esters is 3. The molecule has 18 heteroatoms. The summed E-state index contributed by atoms with van der Waals surface area (Å²) < 4.78 is 43.8. The first-order valence-electron chi connectivity index (χ1n) is 12.5. The van der Waals surface area contributed by atoms with Gasteiger partial charge in [-0.05, 0) is 0 Å². The lowest BCUT2D eigenvalue weighted by Crippen LogP contribution is -2.69. The highest BCUT2D eigenvalue weighted by Gasteiger charge is 2.56. The number of hydrogen-bond acceptors (Lipinski definition) is 15. The summed E-state index contributed by atoms with van der Waals surface area (Å²) in [6.45, 7) is 7.10. The third kappa shape index (κ3) is 9.35. The highest BCUT2D eigenvalue weighted by atomic mass is 16.8. The van der Waals surface area contributed by atoms with Crippen LogP contribution in [-0.4, -0.2) is 115 Å². The third-order valence-corrected chi connectivity index (χ3v) is 5.79. The molecule has 0 aromatic rings. The van der Waals surface area contributed by atoms with E-state index in [1.54, 1.807) is 0 Å². The van der Waals surface area contributed by atoms with Crippen molar-refractivity contribution < 1.29 is 71.8 Å². The van der Waals surface area contributed by atoms with Gasteiger partial charge in [0.25, 0.3) is 0 Å². The molecule has 2 rings (SSSR count). The summed E-state index contributed by atoms with van der Waals surface area (Å²) in [5.41, 5.74) is 10.5. The summed E-state index contributed by atoms with van der Waals surface area (Å²) in [5, 5.41) is 13.3. The predicted molar refractivity (Wildman–Crippen MR) is 133 cm³/mol. The van der Waals surface area contributed by atoms with Gasteiger partial charge in [-0.25, -0.2) is 4.79 Å². The molecule has 6 N–H and O–H groups in total. The summed E-state index contributed by atoms with van der Waals surface area (Å²) >= 11 is 0. The molecule has 42 heavy (non-hydrogen) atoms. The number of carbonyl (C=O) groups is 6. The molecule has 0 bridgehead atoms. The van der Waals surface area contributed by atoms with Crippen LogP contribution in [0.4, 0.5) is 4.79 Å². The standard InChI is InChI=1S/C24H35N3O15/c1-6-7-35-23-20(18(42-24(26)34)15(32)19(40-23)21(25)33)41-22-14(27-9(2)28)17(38-12(5)31)16(37-11(4)30)13(39-22)8-36-10(3)29/h6,13-20,22-23,32H,1,7-8H2,2-5H3,(H2,25,33)(H2,26,34)(H,27,28)/t13-,14-,15-,16-,17-,18+,19+,20-,22+,23+/m1/s1. The second-order valence-corrected chi connectivity index (χ2v) is 9.16. The molecule has 0 aromatic carbocycles. The molecule has 2 heterocycles. The Labute approximate surface area is 239 Å². The minimum Gasteiger partial charge on any atom is -0.463 e. The summed E-state index contributed by atoms with van der Waals surface area (Å²) in [5.74, 6) is -4.24. The molecule has 0 aliphatic carbocycles. The fourth-order valence-electron chi connectivity index (χ4n) is 4.33. The number of nitrogens with one attached hydrogen (secondary N) is 1. The smallest absolute Gasteiger partial charge is 0.404 e. The first-order chi connectivity index (χ1) is 19.7.